The molecule has 0 heterocycles. The van der Waals surface area contributed by atoms with Gasteiger partial charge in [-0.05, 0) is 12.0 Å². The summed E-state index contributed by atoms with van der Waals surface area (Å²) in [6.45, 7) is 0.654. The number of hydrogen-bond acceptors (Lipinski definition) is 3. The molecule has 0 aliphatic carbocycles. The molecule has 3 N–H and O–H groups in total. The number of guanidine groups is 1. The second-order valence-electron chi connectivity index (χ2n) is 3.21. The van der Waals surface area contributed by atoms with Gasteiger partial charge in [0, 0.05) is 25.7 Å². The molecule has 0 atom stereocenters. The van der Waals surface area contributed by atoms with E-state index < -0.39 is 4.92 Å². The number of halogens is 1. The summed E-state index contributed by atoms with van der Waals surface area (Å²) in [5.74, 6) is 0.391. The molecule has 0 aliphatic heterocycles. The van der Waals surface area contributed by atoms with Crippen LogP contribution in [0.5, 0.6) is 0 Å². The van der Waals surface area contributed by atoms with Crippen molar-refractivity contribution in [2.24, 2.45) is 10.7 Å². The summed E-state index contributed by atoms with van der Waals surface area (Å²) in [7, 11) is 1.61. The van der Waals surface area contributed by atoms with E-state index in [1.165, 1.54) is 12.1 Å². The monoisotopic (exact) mass is 350 g/mol. The van der Waals surface area contributed by atoms with Crippen molar-refractivity contribution in [2.75, 3.05) is 13.6 Å². The largest absolute Gasteiger partial charge is 0.370 e. The van der Waals surface area contributed by atoms with Crippen LogP contribution < -0.4 is 11.1 Å². The summed E-state index contributed by atoms with van der Waals surface area (Å²) in [5, 5.41) is 13.3. The van der Waals surface area contributed by atoms with Crippen LogP contribution in [0.4, 0.5) is 5.69 Å². The summed E-state index contributed by atoms with van der Waals surface area (Å²) in [6, 6.07) is 6.46. The molecule has 0 amide bonds. The molecular formula is C10H15IN4O2. The minimum absolute atomic E-state index is 0. The number of nitrogens with zero attached hydrogens (tertiary/aromatic N) is 2. The molecule has 17 heavy (non-hydrogen) atoms. The molecule has 1 aromatic carbocycles. The van der Waals surface area contributed by atoms with E-state index >= 15 is 0 Å². The number of nitrogens with two attached hydrogens (primary N) is 1. The minimum Gasteiger partial charge on any atom is -0.370 e. The fourth-order valence-electron chi connectivity index (χ4n) is 1.20. The molecule has 0 aromatic heterocycles. The predicted molar refractivity (Wildman–Crippen MR) is 77.8 cm³/mol. The molecule has 7 heteroatoms. The van der Waals surface area contributed by atoms with Crippen molar-refractivity contribution < 1.29 is 4.92 Å². The van der Waals surface area contributed by atoms with E-state index in [1.807, 2.05) is 0 Å². The number of non-ortho nitro benzene ring substituents is 1. The van der Waals surface area contributed by atoms with Gasteiger partial charge in [-0.3, -0.25) is 15.1 Å². The van der Waals surface area contributed by atoms with Gasteiger partial charge in [0.15, 0.2) is 5.96 Å². The molecule has 0 spiro atoms. The number of nitrogens with one attached hydrogen (secondary N) is 1. The van der Waals surface area contributed by atoms with Gasteiger partial charge in [-0.1, -0.05) is 12.1 Å². The van der Waals surface area contributed by atoms with E-state index in [4.69, 9.17) is 5.73 Å². The average Bonchev–Trinajstić information content (AvgIpc) is 2.29. The lowest BCUT2D eigenvalue weighted by atomic mass is 10.1. The average molecular weight is 350 g/mol. The van der Waals surface area contributed by atoms with Gasteiger partial charge in [0.25, 0.3) is 5.69 Å². The zero-order valence-electron chi connectivity index (χ0n) is 9.42. The highest BCUT2D eigenvalue weighted by Gasteiger charge is 2.03. The minimum atomic E-state index is -0.413. The number of hydrogen-bond donors (Lipinski definition) is 2. The Morgan fingerprint density at radius 3 is 2.53 bits per heavy atom. The van der Waals surface area contributed by atoms with Gasteiger partial charge in [0.05, 0.1) is 4.92 Å². The third kappa shape index (κ3) is 5.48. The van der Waals surface area contributed by atoms with Gasteiger partial charge in [-0.2, -0.15) is 0 Å². The Hall–Kier alpha value is -1.38. The van der Waals surface area contributed by atoms with Gasteiger partial charge >= 0.3 is 0 Å². The molecule has 1 aromatic rings. The highest BCUT2D eigenvalue weighted by atomic mass is 127. The summed E-state index contributed by atoms with van der Waals surface area (Å²) in [6.07, 6.45) is 0.744. The first-order valence-corrected chi connectivity index (χ1v) is 4.83. The number of rotatable bonds is 4. The Labute approximate surface area is 116 Å². The Balaban J connectivity index is 0.00000256. The first-order chi connectivity index (χ1) is 7.63. The molecule has 0 bridgehead atoms. The van der Waals surface area contributed by atoms with Gasteiger partial charge in [0.2, 0.25) is 0 Å². The zero-order chi connectivity index (χ0) is 12.0. The van der Waals surface area contributed by atoms with Crippen molar-refractivity contribution in [3.63, 3.8) is 0 Å². The lowest BCUT2D eigenvalue weighted by molar-refractivity contribution is -0.384. The number of benzene rings is 1. The molecule has 0 saturated carbocycles. The topological polar surface area (TPSA) is 93.5 Å². The van der Waals surface area contributed by atoms with Crippen LogP contribution in [0.15, 0.2) is 29.3 Å². The van der Waals surface area contributed by atoms with Crippen LogP contribution >= 0.6 is 24.0 Å². The first-order valence-electron chi connectivity index (χ1n) is 4.83. The Morgan fingerprint density at radius 1 is 1.47 bits per heavy atom. The van der Waals surface area contributed by atoms with E-state index in [9.17, 15) is 10.1 Å². The van der Waals surface area contributed by atoms with Crippen molar-refractivity contribution in [3.05, 3.63) is 39.9 Å². The van der Waals surface area contributed by atoms with Gasteiger partial charge < -0.3 is 11.1 Å². The van der Waals surface area contributed by atoms with Crippen molar-refractivity contribution in [1.82, 2.24) is 5.32 Å². The summed E-state index contributed by atoms with van der Waals surface area (Å²) in [5.41, 5.74) is 6.57. The lowest BCUT2D eigenvalue weighted by Gasteiger charge is -2.04. The van der Waals surface area contributed by atoms with Crippen LogP contribution in [0.3, 0.4) is 0 Å². The zero-order valence-corrected chi connectivity index (χ0v) is 11.8. The van der Waals surface area contributed by atoms with E-state index in [-0.39, 0.29) is 29.7 Å². The van der Waals surface area contributed by atoms with Gasteiger partial charge in [-0.25, -0.2) is 0 Å². The van der Waals surface area contributed by atoms with Crippen LogP contribution in [-0.4, -0.2) is 24.5 Å². The van der Waals surface area contributed by atoms with E-state index in [0.717, 1.165) is 12.0 Å². The second-order valence-corrected chi connectivity index (χ2v) is 3.21. The van der Waals surface area contributed by atoms with E-state index in [0.29, 0.717) is 12.5 Å². The molecular weight excluding hydrogens is 335 g/mol. The van der Waals surface area contributed by atoms with E-state index in [1.54, 1.807) is 19.2 Å². The molecule has 1 rings (SSSR count). The van der Waals surface area contributed by atoms with E-state index in [2.05, 4.69) is 10.3 Å². The second kappa shape index (κ2) is 7.82. The predicted octanol–water partition coefficient (Wildman–Crippen LogP) is 1.29. The molecule has 6 nitrogen and oxygen atoms in total. The highest BCUT2D eigenvalue weighted by molar-refractivity contribution is 14.0. The maximum absolute atomic E-state index is 10.4. The molecule has 0 unspecified atom stereocenters. The van der Waals surface area contributed by atoms with Crippen LogP contribution in [-0.2, 0) is 6.42 Å². The molecule has 0 aliphatic rings. The Morgan fingerprint density at radius 2 is 2.06 bits per heavy atom. The summed E-state index contributed by atoms with van der Waals surface area (Å²) < 4.78 is 0. The smallest absolute Gasteiger partial charge is 0.269 e. The van der Waals surface area contributed by atoms with Crippen LogP contribution in [0.25, 0.3) is 0 Å². The number of nitro benzene ring substituents is 1. The van der Waals surface area contributed by atoms with Crippen molar-refractivity contribution in [3.8, 4) is 0 Å². The van der Waals surface area contributed by atoms with Gasteiger partial charge in [0.1, 0.15) is 0 Å². The van der Waals surface area contributed by atoms with Crippen LogP contribution in [0.1, 0.15) is 5.56 Å². The fraction of sp³-hybridized carbons (Fsp3) is 0.300. The van der Waals surface area contributed by atoms with Crippen LogP contribution in [0, 0.1) is 10.1 Å². The third-order valence-electron chi connectivity index (χ3n) is 2.11. The summed E-state index contributed by atoms with van der Waals surface area (Å²) in [4.78, 5) is 13.8. The Kier molecular flexibility index (Phi) is 7.19. The standard InChI is InChI=1S/C10H14N4O2.HI/c1-12-10(11)13-7-6-8-2-4-9(5-3-8)14(15)16;/h2-5H,6-7H2,1H3,(H3,11,12,13);1H. The first kappa shape index (κ1) is 15.6. The molecule has 0 radical (unpaired) electrons. The van der Waals surface area contributed by atoms with Crippen molar-refractivity contribution in [1.29, 1.82) is 0 Å². The summed E-state index contributed by atoms with van der Waals surface area (Å²) >= 11 is 0. The van der Waals surface area contributed by atoms with Crippen LogP contribution in [0.2, 0.25) is 0 Å². The normalized spacial score (nSPS) is 10.5. The lowest BCUT2D eigenvalue weighted by Crippen LogP contribution is -2.32. The van der Waals surface area contributed by atoms with Gasteiger partial charge in [-0.15, -0.1) is 24.0 Å². The quantitative estimate of drug-likeness (QED) is 0.281. The third-order valence-corrected chi connectivity index (χ3v) is 2.11. The maximum Gasteiger partial charge on any atom is 0.269 e. The SMILES string of the molecule is CN=C(N)NCCc1ccc([N+](=O)[O-])cc1.I. The fourth-order valence-corrected chi connectivity index (χ4v) is 1.20. The number of nitro groups is 1. The molecule has 0 fully saturated rings. The molecule has 94 valence electrons. The highest BCUT2D eigenvalue weighted by Crippen LogP contribution is 2.11. The van der Waals surface area contributed by atoms with Crippen molar-refractivity contribution in [2.45, 2.75) is 6.42 Å². The maximum atomic E-state index is 10.4. The van der Waals surface area contributed by atoms with Crippen molar-refractivity contribution >= 4 is 35.6 Å². The number of aliphatic imine (C=N–C) groups is 1. The Bertz CT molecular complexity index is 392. The molecule has 0 saturated heterocycles.